The van der Waals surface area contributed by atoms with Crippen LogP contribution in [0.4, 0.5) is 5.82 Å². The molecule has 0 saturated carbocycles. The molecule has 0 bridgehead atoms. The number of nitrogens with one attached hydrogen (secondary N) is 2. The van der Waals surface area contributed by atoms with Crippen LogP contribution >= 0.6 is 0 Å². The second-order valence-corrected chi connectivity index (χ2v) is 3.86. The Morgan fingerprint density at radius 2 is 2.39 bits per heavy atom. The number of hydrogen-bond acceptors (Lipinski definition) is 4. The van der Waals surface area contributed by atoms with Crippen LogP contribution in [0.15, 0.2) is 24.5 Å². The van der Waals surface area contributed by atoms with Crippen LogP contribution in [0, 0.1) is 6.92 Å². The summed E-state index contributed by atoms with van der Waals surface area (Å²) in [7, 11) is 0. The van der Waals surface area contributed by atoms with Crippen LogP contribution in [0.5, 0.6) is 0 Å². The number of H-pyrrole nitrogens is 1. The molecule has 94 valence electrons. The van der Waals surface area contributed by atoms with Crippen molar-refractivity contribution in [1.82, 2.24) is 15.0 Å². The fourth-order valence-electron chi connectivity index (χ4n) is 1.60. The summed E-state index contributed by atoms with van der Waals surface area (Å²) in [6.07, 6.45) is 3.95. The van der Waals surface area contributed by atoms with Gasteiger partial charge in [0.1, 0.15) is 17.2 Å². The number of carboxylic acid groups (broad SMARTS) is 1. The fraction of sp³-hybridized carbons (Fsp3) is 0.250. The lowest BCUT2D eigenvalue weighted by Gasteiger charge is -2.08. The lowest BCUT2D eigenvalue weighted by Crippen LogP contribution is -2.12. The van der Waals surface area contributed by atoms with Crippen molar-refractivity contribution in [2.24, 2.45) is 0 Å². The third-order valence-electron chi connectivity index (χ3n) is 2.49. The zero-order valence-corrected chi connectivity index (χ0v) is 9.97. The molecular formula is C12H14N4O2. The largest absolute Gasteiger partial charge is 0.477 e. The lowest BCUT2D eigenvalue weighted by atomic mass is 10.3. The number of carboxylic acids is 1. The van der Waals surface area contributed by atoms with Crippen LogP contribution in [-0.2, 0) is 6.42 Å². The summed E-state index contributed by atoms with van der Waals surface area (Å²) in [6, 6.07) is 3.90. The van der Waals surface area contributed by atoms with Gasteiger partial charge in [0, 0.05) is 31.1 Å². The number of aromatic carboxylic acids is 1. The van der Waals surface area contributed by atoms with Crippen molar-refractivity contribution in [3.8, 4) is 0 Å². The Bertz CT molecular complexity index is 537. The van der Waals surface area contributed by atoms with Gasteiger partial charge in [-0.15, -0.1) is 0 Å². The van der Waals surface area contributed by atoms with Crippen LogP contribution in [0.2, 0.25) is 0 Å². The molecule has 0 saturated heterocycles. The van der Waals surface area contributed by atoms with Crippen molar-refractivity contribution in [2.75, 3.05) is 11.9 Å². The van der Waals surface area contributed by atoms with Gasteiger partial charge in [-0.25, -0.2) is 14.8 Å². The topological polar surface area (TPSA) is 90.9 Å². The van der Waals surface area contributed by atoms with Gasteiger partial charge >= 0.3 is 5.97 Å². The van der Waals surface area contributed by atoms with Gasteiger partial charge in [-0.1, -0.05) is 0 Å². The van der Waals surface area contributed by atoms with Crippen molar-refractivity contribution in [1.29, 1.82) is 0 Å². The summed E-state index contributed by atoms with van der Waals surface area (Å²) in [5.41, 5.74) is 1.18. The van der Waals surface area contributed by atoms with E-state index in [-0.39, 0.29) is 5.56 Å². The maximum absolute atomic E-state index is 11.0. The van der Waals surface area contributed by atoms with E-state index in [4.69, 9.17) is 5.11 Å². The highest BCUT2D eigenvalue weighted by Crippen LogP contribution is 2.11. The molecule has 0 aliphatic carbocycles. The third kappa shape index (κ3) is 2.85. The average Bonchev–Trinajstić information content (AvgIpc) is 2.82. The Labute approximate surface area is 104 Å². The zero-order valence-electron chi connectivity index (χ0n) is 9.97. The smallest absolute Gasteiger partial charge is 0.341 e. The monoisotopic (exact) mass is 246 g/mol. The molecule has 2 aromatic rings. The number of aromatic amines is 1. The Hall–Kier alpha value is -2.37. The number of nitrogens with zero attached hydrogens (tertiary/aromatic N) is 2. The standard InChI is InChI=1S/C12H14N4O2/c1-8-15-7-10(12(17)18)11(16-8)14-6-4-9-3-2-5-13-9/h2-3,5,7,13H,4,6H2,1H3,(H,17,18)(H,14,15,16). The van der Waals surface area contributed by atoms with Crippen LogP contribution in [-0.4, -0.2) is 32.6 Å². The molecule has 0 fully saturated rings. The zero-order chi connectivity index (χ0) is 13.0. The highest BCUT2D eigenvalue weighted by Gasteiger charge is 2.11. The molecule has 2 heterocycles. The summed E-state index contributed by atoms with van der Waals surface area (Å²) < 4.78 is 0. The number of hydrogen-bond donors (Lipinski definition) is 3. The van der Waals surface area contributed by atoms with Crippen molar-refractivity contribution in [3.05, 3.63) is 41.6 Å². The minimum absolute atomic E-state index is 0.0899. The second kappa shape index (κ2) is 5.31. The van der Waals surface area contributed by atoms with Crippen LogP contribution in [0.1, 0.15) is 21.9 Å². The molecule has 6 nitrogen and oxygen atoms in total. The molecular weight excluding hydrogens is 232 g/mol. The molecule has 0 atom stereocenters. The number of anilines is 1. The number of rotatable bonds is 5. The molecule has 0 aromatic carbocycles. The first-order valence-corrected chi connectivity index (χ1v) is 5.60. The van der Waals surface area contributed by atoms with E-state index < -0.39 is 5.97 Å². The minimum atomic E-state index is -1.03. The molecule has 18 heavy (non-hydrogen) atoms. The van der Waals surface area contributed by atoms with Gasteiger partial charge in [0.25, 0.3) is 0 Å². The third-order valence-corrected chi connectivity index (χ3v) is 2.49. The molecule has 2 aromatic heterocycles. The fourth-order valence-corrected chi connectivity index (χ4v) is 1.60. The molecule has 6 heteroatoms. The van der Waals surface area contributed by atoms with Crippen molar-refractivity contribution >= 4 is 11.8 Å². The number of aryl methyl sites for hydroxylation is 1. The number of aromatic nitrogens is 3. The van der Waals surface area contributed by atoms with Crippen molar-refractivity contribution in [3.63, 3.8) is 0 Å². The molecule has 2 rings (SSSR count). The molecule has 0 unspecified atom stereocenters. The van der Waals surface area contributed by atoms with Gasteiger partial charge in [-0.05, 0) is 19.1 Å². The van der Waals surface area contributed by atoms with Gasteiger partial charge in [-0.3, -0.25) is 0 Å². The van der Waals surface area contributed by atoms with Crippen molar-refractivity contribution in [2.45, 2.75) is 13.3 Å². The first-order chi connectivity index (χ1) is 8.66. The first kappa shape index (κ1) is 12.1. The Balaban J connectivity index is 2.03. The molecule has 3 N–H and O–H groups in total. The van der Waals surface area contributed by atoms with E-state index in [0.29, 0.717) is 18.2 Å². The van der Waals surface area contributed by atoms with Gasteiger partial charge in [0.05, 0.1) is 0 Å². The Morgan fingerprint density at radius 1 is 1.56 bits per heavy atom. The van der Waals surface area contributed by atoms with E-state index in [1.54, 1.807) is 6.92 Å². The quantitative estimate of drug-likeness (QED) is 0.743. The van der Waals surface area contributed by atoms with E-state index in [2.05, 4.69) is 20.3 Å². The summed E-state index contributed by atoms with van der Waals surface area (Å²) in [6.45, 7) is 2.33. The summed E-state index contributed by atoms with van der Waals surface area (Å²) in [5.74, 6) is -0.124. The van der Waals surface area contributed by atoms with Gasteiger partial charge < -0.3 is 15.4 Å². The maximum Gasteiger partial charge on any atom is 0.341 e. The van der Waals surface area contributed by atoms with E-state index in [1.165, 1.54) is 6.20 Å². The van der Waals surface area contributed by atoms with E-state index in [0.717, 1.165) is 12.1 Å². The van der Waals surface area contributed by atoms with E-state index in [9.17, 15) is 4.79 Å². The molecule has 0 spiro atoms. The van der Waals surface area contributed by atoms with Crippen LogP contribution in [0.25, 0.3) is 0 Å². The molecule has 0 amide bonds. The summed E-state index contributed by atoms with van der Waals surface area (Å²) in [4.78, 5) is 22.1. The highest BCUT2D eigenvalue weighted by atomic mass is 16.4. The molecule has 0 aliphatic rings. The average molecular weight is 246 g/mol. The molecule has 0 radical (unpaired) electrons. The van der Waals surface area contributed by atoms with Crippen LogP contribution in [0.3, 0.4) is 0 Å². The molecule has 0 aliphatic heterocycles. The van der Waals surface area contributed by atoms with Crippen LogP contribution < -0.4 is 5.32 Å². The van der Waals surface area contributed by atoms with E-state index in [1.807, 2.05) is 18.3 Å². The first-order valence-electron chi connectivity index (χ1n) is 5.60. The summed E-state index contributed by atoms with van der Waals surface area (Å²) >= 11 is 0. The SMILES string of the molecule is Cc1ncc(C(=O)O)c(NCCc2ccc[nH]2)n1. The van der Waals surface area contributed by atoms with Gasteiger partial charge in [0.15, 0.2) is 0 Å². The van der Waals surface area contributed by atoms with Gasteiger partial charge in [-0.2, -0.15) is 0 Å². The van der Waals surface area contributed by atoms with Crippen molar-refractivity contribution < 1.29 is 9.90 Å². The predicted octanol–water partition coefficient (Wildman–Crippen LogP) is 1.47. The Morgan fingerprint density at radius 3 is 3.06 bits per heavy atom. The summed E-state index contributed by atoms with van der Waals surface area (Å²) in [5, 5.41) is 12.0. The Kier molecular flexibility index (Phi) is 3.57. The minimum Gasteiger partial charge on any atom is -0.477 e. The maximum atomic E-state index is 11.0. The second-order valence-electron chi connectivity index (χ2n) is 3.86. The lowest BCUT2D eigenvalue weighted by molar-refractivity contribution is 0.0697. The number of carbonyl (C=O) groups is 1. The predicted molar refractivity (Wildman–Crippen MR) is 66.7 cm³/mol. The highest BCUT2D eigenvalue weighted by molar-refractivity contribution is 5.92. The normalized spacial score (nSPS) is 10.3. The van der Waals surface area contributed by atoms with Gasteiger partial charge in [0.2, 0.25) is 0 Å². The van der Waals surface area contributed by atoms with E-state index >= 15 is 0 Å².